The fourth-order valence-electron chi connectivity index (χ4n) is 5.75. The predicted octanol–water partition coefficient (Wildman–Crippen LogP) is -5.48. The average Bonchev–Trinajstić information content (AvgIpc) is 3.58. The lowest BCUT2D eigenvalue weighted by Crippen LogP contribution is -2.66. The van der Waals surface area contributed by atoms with Crippen LogP contribution >= 0.6 is 0 Å². The third-order valence-electron chi connectivity index (χ3n) is 8.58. The summed E-state index contributed by atoms with van der Waals surface area (Å²) in [6.45, 7) is -2.40. The van der Waals surface area contributed by atoms with Crippen LogP contribution in [0.25, 0.3) is 0 Å². The molecule has 0 bridgehead atoms. The number of nitro groups is 1. The third-order valence-corrected chi connectivity index (χ3v) is 8.58. The van der Waals surface area contributed by atoms with Crippen molar-refractivity contribution in [3.63, 3.8) is 0 Å². The fraction of sp³-hybridized carbons (Fsp3) is 0.714. The Morgan fingerprint density at radius 1 is 0.700 bits per heavy atom. The van der Waals surface area contributed by atoms with Gasteiger partial charge in [0.1, 0.15) is 78.9 Å². The van der Waals surface area contributed by atoms with Crippen LogP contribution in [-0.2, 0) is 41.6 Å². The highest BCUT2D eigenvalue weighted by Gasteiger charge is 2.54. The molecule has 15 atom stereocenters. The minimum Gasteiger partial charge on any atom is -0.394 e. The number of non-ortho nitro benzene ring substituents is 1. The molecule has 0 unspecified atom stereocenters. The summed E-state index contributed by atoms with van der Waals surface area (Å²) in [5.41, 5.74) is 0.844. The Labute approximate surface area is 282 Å². The predicted molar refractivity (Wildman–Crippen MR) is 156 cm³/mol. The molecular weight excluding hydrogens is 680 g/mol. The van der Waals surface area contributed by atoms with Crippen molar-refractivity contribution in [2.75, 3.05) is 19.8 Å². The van der Waals surface area contributed by atoms with Gasteiger partial charge in [-0.25, -0.2) is 4.68 Å². The third kappa shape index (κ3) is 8.10. The van der Waals surface area contributed by atoms with Crippen molar-refractivity contribution >= 4 is 5.69 Å². The first-order valence-corrected chi connectivity index (χ1v) is 15.5. The molecule has 1 aromatic carbocycles. The zero-order valence-corrected chi connectivity index (χ0v) is 26.1. The molecule has 0 amide bonds. The van der Waals surface area contributed by atoms with E-state index in [9.17, 15) is 61.2 Å². The van der Waals surface area contributed by atoms with Crippen molar-refractivity contribution in [3.05, 3.63) is 51.8 Å². The van der Waals surface area contributed by atoms with Crippen LogP contribution < -0.4 is 0 Å². The van der Waals surface area contributed by atoms with Gasteiger partial charge < -0.3 is 79.5 Å². The first-order chi connectivity index (χ1) is 23.9. The second kappa shape index (κ2) is 16.6. The number of nitrogens with zero attached hydrogens (tertiary/aromatic N) is 4. The molecule has 0 saturated carbocycles. The highest BCUT2D eigenvalue weighted by atomic mass is 16.7. The SMILES string of the molecule is O=[N+]([O-])c1ccc(COCc2cn([C@@H]3O[C@H](CO)[C@@H](O)[C@H](O[C@@H]4O[C@H](CO)[C@@H](O)[C@H](O[C@@H]5O[C@H](CO)[C@@H](O)[C@H](O)[C@H]5O)[C@H]4O)[C@H]3O)nn2)cc1. The second-order valence-corrected chi connectivity index (χ2v) is 11.9. The van der Waals surface area contributed by atoms with Crippen molar-refractivity contribution in [2.24, 2.45) is 0 Å². The lowest BCUT2D eigenvalue weighted by molar-refractivity contribution is -0.384. The maximum absolute atomic E-state index is 11.3. The molecular formula is C28H40N4O18. The maximum atomic E-state index is 11.3. The molecule has 1 aromatic heterocycles. The Balaban J connectivity index is 1.27. The molecule has 2 aromatic rings. The lowest BCUT2D eigenvalue weighted by Gasteiger charge is -2.48. The number of rotatable bonds is 13. The van der Waals surface area contributed by atoms with Gasteiger partial charge in [0.15, 0.2) is 18.8 Å². The number of ether oxygens (including phenoxy) is 6. The number of hydrogen-bond donors (Lipinski definition) is 10. The number of aliphatic hydroxyl groups is 10. The summed E-state index contributed by atoms with van der Waals surface area (Å²) in [7, 11) is 0. The van der Waals surface area contributed by atoms with E-state index in [0.717, 1.165) is 4.68 Å². The molecule has 10 N–H and O–H groups in total. The molecule has 5 rings (SSSR count). The summed E-state index contributed by atoms with van der Waals surface area (Å²) >= 11 is 0. The van der Waals surface area contributed by atoms with Crippen molar-refractivity contribution < 1.29 is 84.4 Å². The van der Waals surface area contributed by atoms with E-state index in [0.29, 0.717) is 5.56 Å². The monoisotopic (exact) mass is 720 g/mol. The van der Waals surface area contributed by atoms with Crippen LogP contribution in [0.1, 0.15) is 17.5 Å². The standard InChI is InChI=1S/C28H40N4O18/c33-6-14-17(36)20(39)21(40)27(47-14)50-25-19(38)16(8-35)48-28(23(25)42)49-24-18(37)15(7-34)46-26(22(24)41)31-5-12(29-30-31)10-45-9-11-1-3-13(4-2-11)32(43)44/h1-5,14-28,33-42H,6-10H2/t14-,15-,16-,17-,18-,19-,20+,21-,22-,23-,24+,25+,26-,27+,28+/m1/s1. The lowest BCUT2D eigenvalue weighted by atomic mass is 9.95. The fourth-order valence-corrected chi connectivity index (χ4v) is 5.75. The van der Waals surface area contributed by atoms with Gasteiger partial charge >= 0.3 is 0 Å². The molecule has 3 saturated heterocycles. The van der Waals surface area contributed by atoms with Crippen molar-refractivity contribution in [3.8, 4) is 0 Å². The largest absolute Gasteiger partial charge is 0.394 e. The van der Waals surface area contributed by atoms with E-state index in [-0.39, 0.29) is 24.6 Å². The summed E-state index contributed by atoms with van der Waals surface area (Å²) in [6, 6.07) is 5.72. The van der Waals surface area contributed by atoms with Crippen LogP contribution in [0.3, 0.4) is 0 Å². The summed E-state index contributed by atoms with van der Waals surface area (Å²) in [5, 5.41) is 123. The Bertz CT molecular complexity index is 1390. The molecule has 3 aliphatic heterocycles. The Morgan fingerprint density at radius 3 is 1.82 bits per heavy atom. The Hall–Kier alpha value is -2.88. The molecule has 0 aliphatic carbocycles. The van der Waals surface area contributed by atoms with Gasteiger partial charge in [0.25, 0.3) is 5.69 Å². The summed E-state index contributed by atoms with van der Waals surface area (Å²) in [4.78, 5) is 10.3. The van der Waals surface area contributed by atoms with Crippen molar-refractivity contribution in [1.82, 2.24) is 15.0 Å². The molecule has 3 fully saturated rings. The smallest absolute Gasteiger partial charge is 0.269 e. The van der Waals surface area contributed by atoms with Gasteiger partial charge in [-0.15, -0.1) is 5.10 Å². The molecule has 50 heavy (non-hydrogen) atoms. The van der Waals surface area contributed by atoms with E-state index in [2.05, 4.69) is 10.3 Å². The molecule has 22 nitrogen and oxygen atoms in total. The summed E-state index contributed by atoms with van der Waals surface area (Å²) < 4.78 is 34.5. The first kappa shape index (κ1) is 38.4. The number of benzene rings is 1. The summed E-state index contributed by atoms with van der Waals surface area (Å²) in [5.74, 6) is 0. The molecule has 0 radical (unpaired) electrons. The van der Waals surface area contributed by atoms with Crippen LogP contribution in [0.4, 0.5) is 5.69 Å². The van der Waals surface area contributed by atoms with Crippen LogP contribution in [0.15, 0.2) is 30.5 Å². The Kier molecular flexibility index (Phi) is 12.8. The normalized spacial score (nSPS) is 39.4. The number of aliphatic hydroxyl groups excluding tert-OH is 10. The quantitative estimate of drug-likeness (QED) is 0.0681. The van der Waals surface area contributed by atoms with Gasteiger partial charge in [-0.1, -0.05) is 5.21 Å². The maximum Gasteiger partial charge on any atom is 0.269 e. The van der Waals surface area contributed by atoms with Gasteiger partial charge in [0, 0.05) is 12.1 Å². The zero-order valence-electron chi connectivity index (χ0n) is 26.1. The zero-order chi connectivity index (χ0) is 36.3. The van der Waals surface area contributed by atoms with E-state index >= 15 is 0 Å². The molecule has 4 heterocycles. The van der Waals surface area contributed by atoms with E-state index < -0.39 is 117 Å². The van der Waals surface area contributed by atoms with Crippen molar-refractivity contribution in [1.29, 1.82) is 0 Å². The minimum atomic E-state index is -1.97. The highest BCUT2D eigenvalue weighted by Crippen LogP contribution is 2.34. The number of hydrogen-bond acceptors (Lipinski definition) is 20. The van der Waals surface area contributed by atoms with Gasteiger partial charge in [-0.3, -0.25) is 10.1 Å². The van der Waals surface area contributed by atoms with Crippen LogP contribution in [0.5, 0.6) is 0 Å². The molecule has 0 spiro atoms. The van der Waals surface area contributed by atoms with E-state index in [1.807, 2.05) is 0 Å². The number of nitro benzene ring substituents is 1. The summed E-state index contributed by atoms with van der Waals surface area (Å²) in [6.07, 6.45) is -24.2. The van der Waals surface area contributed by atoms with E-state index in [4.69, 9.17) is 28.4 Å². The Morgan fingerprint density at radius 2 is 1.24 bits per heavy atom. The number of aromatic nitrogens is 3. The molecule has 22 heteroatoms. The molecule has 280 valence electrons. The van der Waals surface area contributed by atoms with Crippen LogP contribution in [0, 0.1) is 10.1 Å². The highest BCUT2D eigenvalue weighted by molar-refractivity contribution is 5.32. The van der Waals surface area contributed by atoms with Gasteiger partial charge in [0.05, 0.1) is 44.2 Å². The average molecular weight is 721 g/mol. The van der Waals surface area contributed by atoms with Gasteiger partial charge in [-0.2, -0.15) is 0 Å². The van der Waals surface area contributed by atoms with E-state index in [1.165, 1.54) is 30.5 Å². The van der Waals surface area contributed by atoms with Crippen molar-refractivity contribution in [2.45, 2.75) is 105 Å². The van der Waals surface area contributed by atoms with Gasteiger partial charge in [0.2, 0.25) is 0 Å². The first-order valence-electron chi connectivity index (χ1n) is 15.5. The topological polar surface area (TPSA) is 332 Å². The van der Waals surface area contributed by atoms with Crippen LogP contribution in [-0.4, -0.2) is 177 Å². The molecule has 3 aliphatic rings. The second-order valence-electron chi connectivity index (χ2n) is 11.9. The minimum absolute atomic E-state index is 0.0748. The van der Waals surface area contributed by atoms with Crippen LogP contribution in [0.2, 0.25) is 0 Å². The van der Waals surface area contributed by atoms with E-state index in [1.54, 1.807) is 0 Å². The van der Waals surface area contributed by atoms with Gasteiger partial charge in [-0.05, 0) is 17.7 Å².